The van der Waals surface area contributed by atoms with E-state index in [1.54, 1.807) is 12.1 Å². The molecular weight excluding hydrogens is 320 g/mol. The van der Waals surface area contributed by atoms with Crippen molar-refractivity contribution in [2.75, 3.05) is 0 Å². The van der Waals surface area contributed by atoms with Crippen LogP contribution in [0, 0.1) is 0 Å². The van der Waals surface area contributed by atoms with Gasteiger partial charge in [-0.3, -0.25) is 0 Å². The standard InChI is InChI=1S/C24H34O2/c1-3-5-7-9-11-19-13-15-23(25)21(17-19)22-18-20(14-16-24(22)26)12-10-8-6-4-2/h13-18,25-26H,3-12H2,1-2H3. The van der Waals surface area contributed by atoms with Gasteiger partial charge >= 0.3 is 0 Å². The van der Waals surface area contributed by atoms with E-state index in [4.69, 9.17) is 0 Å². The molecule has 2 aromatic rings. The second-order valence-electron chi connectivity index (χ2n) is 7.32. The first-order valence-electron chi connectivity index (χ1n) is 10.3. The molecule has 0 radical (unpaired) electrons. The largest absolute Gasteiger partial charge is 0.507 e. The molecule has 0 fully saturated rings. The molecule has 0 saturated heterocycles. The number of phenols is 2. The lowest BCUT2D eigenvalue weighted by molar-refractivity contribution is 0.468. The minimum Gasteiger partial charge on any atom is -0.507 e. The molecule has 0 atom stereocenters. The van der Waals surface area contributed by atoms with Crippen LogP contribution in [-0.4, -0.2) is 10.2 Å². The highest BCUT2D eigenvalue weighted by molar-refractivity contribution is 5.76. The summed E-state index contributed by atoms with van der Waals surface area (Å²) in [7, 11) is 0. The smallest absolute Gasteiger partial charge is 0.123 e. The fraction of sp³-hybridized carbons (Fsp3) is 0.500. The lowest BCUT2D eigenvalue weighted by Crippen LogP contribution is -1.91. The molecule has 0 aromatic heterocycles. The second kappa shape index (κ2) is 10.9. The highest BCUT2D eigenvalue weighted by atomic mass is 16.3. The first kappa shape index (κ1) is 20.4. The van der Waals surface area contributed by atoms with Gasteiger partial charge in [0.05, 0.1) is 0 Å². The van der Waals surface area contributed by atoms with Crippen molar-refractivity contribution in [3.05, 3.63) is 47.5 Å². The summed E-state index contributed by atoms with van der Waals surface area (Å²) < 4.78 is 0. The van der Waals surface area contributed by atoms with E-state index < -0.39 is 0 Å². The van der Waals surface area contributed by atoms with E-state index in [9.17, 15) is 10.2 Å². The Morgan fingerprint density at radius 1 is 0.577 bits per heavy atom. The van der Waals surface area contributed by atoms with E-state index in [0.29, 0.717) is 0 Å². The fourth-order valence-corrected chi connectivity index (χ4v) is 3.42. The zero-order valence-electron chi connectivity index (χ0n) is 16.4. The number of aryl methyl sites for hydroxylation is 2. The molecule has 0 bridgehead atoms. The van der Waals surface area contributed by atoms with Crippen molar-refractivity contribution in [2.45, 2.75) is 78.1 Å². The Bertz CT molecular complexity index is 616. The summed E-state index contributed by atoms with van der Waals surface area (Å²) >= 11 is 0. The third-order valence-electron chi connectivity index (χ3n) is 5.05. The summed E-state index contributed by atoms with van der Waals surface area (Å²) in [5.74, 6) is 0.474. The monoisotopic (exact) mass is 354 g/mol. The van der Waals surface area contributed by atoms with Crippen molar-refractivity contribution in [2.24, 2.45) is 0 Å². The van der Waals surface area contributed by atoms with Crippen molar-refractivity contribution in [3.63, 3.8) is 0 Å². The Labute approximate surface area is 158 Å². The molecule has 0 aliphatic rings. The van der Waals surface area contributed by atoms with Gasteiger partial charge in [-0.25, -0.2) is 0 Å². The number of benzene rings is 2. The Morgan fingerprint density at radius 2 is 1.00 bits per heavy atom. The molecule has 0 unspecified atom stereocenters. The van der Waals surface area contributed by atoms with Gasteiger partial charge in [0.2, 0.25) is 0 Å². The summed E-state index contributed by atoms with van der Waals surface area (Å²) in [6.45, 7) is 4.44. The van der Waals surface area contributed by atoms with Crippen molar-refractivity contribution >= 4 is 0 Å². The van der Waals surface area contributed by atoms with E-state index in [1.165, 1.54) is 62.5 Å². The molecule has 0 spiro atoms. The molecule has 2 rings (SSSR count). The van der Waals surface area contributed by atoms with Crippen molar-refractivity contribution in [1.29, 1.82) is 0 Å². The lowest BCUT2D eigenvalue weighted by Gasteiger charge is -2.12. The van der Waals surface area contributed by atoms with Gasteiger partial charge in [-0.05, 0) is 61.1 Å². The Kier molecular flexibility index (Phi) is 8.53. The summed E-state index contributed by atoms with van der Waals surface area (Å²) in [6.07, 6.45) is 11.9. The van der Waals surface area contributed by atoms with Crippen LogP contribution >= 0.6 is 0 Å². The van der Waals surface area contributed by atoms with E-state index in [0.717, 1.165) is 24.0 Å². The summed E-state index contributed by atoms with van der Waals surface area (Å²) in [6, 6.07) is 11.6. The maximum absolute atomic E-state index is 10.3. The topological polar surface area (TPSA) is 40.5 Å². The van der Waals surface area contributed by atoms with Gasteiger partial charge in [0.15, 0.2) is 0 Å². The highest BCUT2D eigenvalue weighted by Crippen LogP contribution is 2.37. The zero-order chi connectivity index (χ0) is 18.8. The van der Waals surface area contributed by atoms with Crippen LogP contribution in [0.1, 0.15) is 76.3 Å². The van der Waals surface area contributed by atoms with E-state index in [1.807, 2.05) is 24.3 Å². The minimum atomic E-state index is 0.237. The molecule has 2 aromatic carbocycles. The van der Waals surface area contributed by atoms with Crippen molar-refractivity contribution < 1.29 is 10.2 Å². The second-order valence-corrected chi connectivity index (χ2v) is 7.32. The lowest BCUT2D eigenvalue weighted by atomic mass is 9.95. The van der Waals surface area contributed by atoms with Gasteiger partial charge in [-0.15, -0.1) is 0 Å². The van der Waals surface area contributed by atoms with Gasteiger partial charge in [0.25, 0.3) is 0 Å². The number of unbranched alkanes of at least 4 members (excludes halogenated alkanes) is 6. The normalized spacial score (nSPS) is 11.0. The molecular formula is C24H34O2. The molecule has 2 N–H and O–H groups in total. The third-order valence-corrected chi connectivity index (χ3v) is 5.05. The van der Waals surface area contributed by atoms with Crippen LogP contribution in [0.15, 0.2) is 36.4 Å². The average Bonchev–Trinajstić information content (AvgIpc) is 2.65. The van der Waals surface area contributed by atoms with Gasteiger partial charge in [0, 0.05) is 11.1 Å². The average molecular weight is 355 g/mol. The van der Waals surface area contributed by atoms with Gasteiger partial charge in [-0.2, -0.15) is 0 Å². The maximum atomic E-state index is 10.3. The van der Waals surface area contributed by atoms with Crippen molar-refractivity contribution in [1.82, 2.24) is 0 Å². The van der Waals surface area contributed by atoms with Gasteiger partial charge in [0.1, 0.15) is 11.5 Å². The van der Waals surface area contributed by atoms with Crippen LogP contribution in [0.3, 0.4) is 0 Å². The Hall–Kier alpha value is -1.96. The van der Waals surface area contributed by atoms with E-state index in [-0.39, 0.29) is 11.5 Å². The highest BCUT2D eigenvalue weighted by Gasteiger charge is 2.11. The quantitative estimate of drug-likeness (QED) is 0.426. The number of aromatic hydroxyl groups is 2. The zero-order valence-corrected chi connectivity index (χ0v) is 16.4. The molecule has 142 valence electrons. The number of hydrogen-bond acceptors (Lipinski definition) is 2. The summed E-state index contributed by atoms with van der Waals surface area (Å²) in [5.41, 5.74) is 3.93. The van der Waals surface area contributed by atoms with Crippen LogP contribution in [-0.2, 0) is 12.8 Å². The fourth-order valence-electron chi connectivity index (χ4n) is 3.42. The van der Waals surface area contributed by atoms with Crippen LogP contribution in [0.25, 0.3) is 11.1 Å². The van der Waals surface area contributed by atoms with Crippen LogP contribution < -0.4 is 0 Å². The molecule has 26 heavy (non-hydrogen) atoms. The SMILES string of the molecule is CCCCCCc1ccc(O)c(-c2cc(CCCCCC)ccc2O)c1. The van der Waals surface area contributed by atoms with E-state index in [2.05, 4.69) is 13.8 Å². The number of hydrogen-bond donors (Lipinski definition) is 2. The summed E-state index contributed by atoms with van der Waals surface area (Å²) in [5, 5.41) is 20.7. The first-order valence-corrected chi connectivity index (χ1v) is 10.3. The number of rotatable bonds is 11. The van der Waals surface area contributed by atoms with E-state index >= 15 is 0 Å². The van der Waals surface area contributed by atoms with Gasteiger partial charge < -0.3 is 10.2 Å². The van der Waals surface area contributed by atoms with Crippen LogP contribution in [0.5, 0.6) is 11.5 Å². The molecule has 0 saturated carbocycles. The van der Waals surface area contributed by atoms with Crippen LogP contribution in [0.2, 0.25) is 0 Å². The Balaban J connectivity index is 2.15. The molecule has 2 heteroatoms. The maximum Gasteiger partial charge on any atom is 0.123 e. The Morgan fingerprint density at radius 3 is 1.38 bits per heavy atom. The molecule has 0 aliphatic heterocycles. The van der Waals surface area contributed by atoms with Gasteiger partial charge in [-0.1, -0.05) is 64.5 Å². The summed E-state index contributed by atoms with van der Waals surface area (Å²) in [4.78, 5) is 0. The predicted octanol–water partition coefficient (Wildman–Crippen LogP) is 7.01. The van der Waals surface area contributed by atoms with Crippen LogP contribution in [0.4, 0.5) is 0 Å². The molecule has 0 heterocycles. The molecule has 0 amide bonds. The number of phenolic OH excluding ortho intramolecular Hbond substituents is 2. The molecule has 2 nitrogen and oxygen atoms in total. The minimum absolute atomic E-state index is 0.237. The third kappa shape index (κ3) is 6.09. The van der Waals surface area contributed by atoms with Crippen molar-refractivity contribution in [3.8, 4) is 22.6 Å². The predicted molar refractivity (Wildman–Crippen MR) is 111 cm³/mol. The first-order chi connectivity index (χ1) is 12.7. The molecule has 0 aliphatic carbocycles.